The molecule has 0 radical (unpaired) electrons. The molecule has 0 aliphatic rings. The molecule has 0 amide bonds. The minimum Gasteiger partial charge on any atom is -0.394 e. The van der Waals surface area contributed by atoms with Crippen molar-refractivity contribution in [1.29, 1.82) is 0 Å². The van der Waals surface area contributed by atoms with Gasteiger partial charge in [0.05, 0.1) is 25.2 Å². The average molecular weight is 247 g/mol. The van der Waals surface area contributed by atoms with Crippen LogP contribution in [0.1, 0.15) is 10.5 Å². The highest BCUT2D eigenvalue weighted by molar-refractivity contribution is 6.07. The summed E-state index contributed by atoms with van der Waals surface area (Å²) in [6.45, 7) is 0.639. The number of fused-ring (bicyclic) bond motifs is 1. The molecule has 0 saturated carbocycles. The molecule has 0 spiro atoms. The monoisotopic (exact) mass is 247 g/mol. The van der Waals surface area contributed by atoms with E-state index in [0.717, 1.165) is 10.9 Å². The molecule has 0 bridgehead atoms. The number of rotatable bonds is 5. The van der Waals surface area contributed by atoms with Crippen molar-refractivity contribution in [2.24, 2.45) is 0 Å². The Morgan fingerprint density at radius 1 is 1.39 bits per heavy atom. The molecular formula is C13H17N3O2. The first kappa shape index (κ1) is 12.7. The maximum atomic E-state index is 12.2. The molecular weight excluding hydrogens is 230 g/mol. The molecule has 1 aromatic carbocycles. The third-order valence-electron chi connectivity index (χ3n) is 2.68. The molecule has 0 saturated heterocycles. The molecule has 0 fully saturated rings. The Balaban J connectivity index is 2.50. The first-order valence-electron chi connectivity index (χ1n) is 5.88. The Morgan fingerprint density at radius 3 is 2.78 bits per heavy atom. The van der Waals surface area contributed by atoms with Gasteiger partial charge >= 0.3 is 0 Å². The maximum absolute atomic E-state index is 12.2. The number of carbonyl (C=O) groups is 1. The molecule has 1 heterocycles. The van der Waals surface area contributed by atoms with E-state index in [-0.39, 0.29) is 12.4 Å². The number of hydrogen-bond acceptors (Lipinski definition) is 4. The lowest BCUT2D eigenvalue weighted by atomic mass is 10.1. The van der Waals surface area contributed by atoms with Crippen LogP contribution in [0, 0.1) is 0 Å². The van der Waals surface area contributed by atoms with E-state index >= 15 is 0 Å². The van der Waals surface area contributed by atoms with Gasteiger partial charge in [-0.1, -0.05) is 18.2 Å². The van der Waals surface area contributed by atoms with E-state index in [1.165, 1.54) is 0 Å². The highest BCUT2D eigenvalue weighted by Gasteiger charge is 2.18. The number of ketones is 1. The van der Waals surface area contributed by atoms with Gasteiger partial charge in [-0.3, -0.25) is 9.48 Å². The zero-order valence-electron chi connectivity index (χ0n) is 10.6. The lowest BCUT2D eigenvalue weighted by molar-refractivity contribution is 0.0947. The number of hydrogen-bond donors (Lipinski definition) is 1. The normalized spacial score (nSPS) is 11.3. The van der Waals surface area contributed by atoms with E-state index in [1.807, 2.05) is 43.3 Å². The Morgan fingerprint density at radius 2 is 2.11 bits per heavy atom. The summed E-state index contributed by atoms with van der Waals surface area (Å²) < 4.78 is 1.59. The van der Waals surface area contributed by atoms with Crippen molar-refractivity contribution >= 4 is 16.7 Å². The molecule has 5 nitrogen and oxygen atoms in total. The van der Waals surface area contributed by atoms with Crippen LogP contribution in [-0.4, -0.2) is 52.8 Å². The van der Waals surface area contributed by atoms with Crippen LogP contribution >= 0.6 is 0 Å². The minimum atomic E-state index is -0.0315. The number of aromatic nitrogens is 2. The van der Waals surface area contributed by atoms with E-state index < -0.39 is 0 Å². The quantitative estimate of drug-likeness (QED) is 0.793. The molecule has 2 aromatic rings. The average Bonchev–Trinajstić information content (AvgIpc) is 2.66. The van der Waals surface area contributed by atoms with E-state index in [1.54, 1.807) is 4.68 Å². The van der Waals surface area contributed by atoms with Gasteiger partial charge in [-0.05, 0) is 20.2 Å². The summed E-state index contributed by atoms with van der Waals surface area (Å²) in [5.41, 5.74) is 1.36. The van der Waals surface area contributed by atoms with Gasteiger partial charge in [-0.2, -0.15) is 5.10 Å². The number of aliphatic hydroxyl groups excluding tert-OH is 1. The second-order valence-corrected chi connectivity index (χ2v) is 4.47. The lowest BCUT2D eigenvalue weighted by Crippen LogP contribution is -2.24. The second-order valence-electron chi connectivity index (χ2n) is 4.47. The van der Waals surface area contributed by atoms with Gasteiger partial charge in [0, 0.05) is 5.39 Å². The van der Waals surface area contributed by atoms with Crippen LogP contribution in [0.15, 0.2) is 24.3 Å². The Bertz CT molecular complexity index is 560. The standard InChI is InChI=1S/C13H17N3O2/c1-15(2)9-12(18)13-10-5-3-4-6-11(10)14-16(13)7-8-17/h3-6,17H,7-9H2,1-2H3. The lowest BCUT2D eigenvalue weighted by Gasteiger charge is -2.10. The molecule has 5 heteroatoms. The molecule has 1 N–H and O–H groups in total. The molecule has 18 heavy (non-hydrogen) atoms. The maximum Gasteiger partial charge on any atom is 0.195 e. The van der Waals surface area contributed by atoms with Crippen LogP contribution in [0.5, 0.6) is 0 Å². The summed E-state index contributed by atoms with van der Waals surface area (Å²) in [5.74, 6) is 0.0159. The van der Waals surface area contributed by atoms with E-state index in [0.29, 0.717) is 18.8 Å². The van der Waals surface area contributed by atoms with E-state index in [4.69, 9.17) is 5.11 Å². The zero-order valence-corrected chi connectivity index (χ0v) is 10.6. The van der Waals surface area contributed by atoms with Crippen molar-refractivity contribution in [2.75, 3.05) is 27.2 Å². The molecule has 96 valence electrons. The third kappa shape index (κ3) is 2.42. The summed E-state index contributed by atoms with van der Waals surface area (Å²) in [6, 6.07) is 7.54. The van der Waals surface area contributed by atoms with Crippen LogP contribution in [0.25, 0.3) is 10.9 Å². The molecule has 0 aliphatic heterocycles. The van der Waals surface area contributed by atoms with Crippen molar-refractivity contribution in [3.05, 3.63) is 30.0 Å². The zero-order chi connectivity index (χ0) is 13.1. The number of carbonyl (C=O) groups excluding carboxylic acids is 1. The highest BCUT2D eigenvalue weighted by Crippen LogP contribution is 2.18. The number of likely N-dealkylation sites (N-methyl/N-ethyl adjacent to an activating group) is 1. The van der Waals surface area contributed by atoms with E-state index in [2.05, 4.69) is 5.10 Å². The largest absolute Gasteiger partial charge is 0.394 e. The Kier molecular flexibility index (Phi) is 3.74. The van der Waals surface area contributed by atoms with Gasteiger partial charge in [-0.15, -0.1) is 0 Å². The van der Waals surface area contributed by atoms with Gasteiger partial charge in [0.15, 0.2) is 5.78 Å². The highest BCUT2D eigenvalue weighted by atomic mass is 16.3. The SMILES string of the molecule is CN(C)CC(=O)c1c2ccccc2nn1CCO. The Labute approximate surface area is 106 Å². The van der Waals surface area contributed by atoms with Crippen molar-refractivity contribution in [3.63, 3.8) is 0 Å². The van der Waals surface area contributed by atoms with Gasteiger partial charge in [0.2, 0.25) is 0 Å². The number of nitrogens with zero attached hydrogens (tertiary/aromatic N) is 3. The number of aliphatic hydroxyl groups is 1. The first-order chi connectivity index (χ1) is 8.63. The van der Waals surface area contributed by atoms with Crippen LogP contribution in [-0.2, 0) is 6.54 Å². The summed E-state index contributed by atoms with van der Waals surface area (Å²) in [5, 5.41) is 14.2. The van der Waals surface area contributed by atoms with Crippen LogP contribution in [0.2, 0.25) is 0 Å². The van der Waals surface area contributed by atoms with Crippen molar-refractivity contribution in [1.82, 2.24) is 14.7 Å². The fraction of sp³-hybridized carbons (Fsp3) is 0.385. The van der Waals surface area contributed by atoms with Crippen LogP contribution in [0.3, 0.4) is 0 Å². The van der Waals surface area contributed by atoms with Crippen molar-refractivity contribution in [3.8, 4) is 0 Å². The molecule has 2 rings (SSSR count). The van der Waals surface area contributed by atoms with Crippen molar-refractivity contribution < 1.29 is 9.90 Å². The summed E-state index contributed by atoms with van der Waals surface area (Å²) in [7, 11) is 3.71. The molecule has 0 atom stereocenters. The fourth-order valence-electron chi connectivity index (χ4n) is 1.99. The summed E-state index contributed by atoms with van der Waals surface area (Å²) >= 11 is 0. The first-order valence-corrected chi connectivity index (χ1v) is 5.88. The second kappa shape index (κ2) is 5.29. The third-order valence-corrected chi connectivity index (χ3v) is 2.68. The van der Waals surface area contributed by atoms with Crippen molar-refractivity contribution in [2.45, 2.75) is 6.54 Å². The number of benzene rings is 1. The van der Waals surface area contributed by atoms with Gasteiger partial charge < -0.3 is 10.0 Å². The Hall–Kier alpha value is -1.72. The molecule has 0 unspecified atom stereocenters. The predicted molar refractivity (Wildman–Crippen MR) is 69.7 cm³/mol. The van der Waals surface area contributed by atoms with Crippen LogP contribution < -0.4 is 0 Å². The molecule has 0 aliphatic carbocycles. The van der Waals surface area contributed by atoms with Gasteiger partial charge in [0.1, 0.15) is 5.69 Å². The molecule has 1 aromatic heterocycles. The minimum absolute atomic E-state index is 0.0159. The number of Topliss-reactive ketones (excluding diaryl/α,β-unsaturated/α-hetero) is 1. The van der Waals surface area contributed by atoms with Crippen LogP contribution in [0.4, 0.5) is 0 Å². The predicted octanol–water partition coefficient (Wildman–Crippen LogP) is 0.773. The fourth-order valence-corrected chi connectivity index (χ4v) is 1.99. The topological polar surface area (TPSA) is 58.4 Å². The van der Waals surface area contributed by atoms with Gasteiger partial charge in [0.25, 0.3) is 0 Å². The smallest absolute Gasteiger partial charge is 0.195 e. The summed E-state index contributed by atoms with van der Waals surface area (Å²) in [6.07, 6.45) is 0. The van der Waals surface area contributed by atoms with E-state index in [9.17, 15) is 4.79 Å². The summed E-state index contributed by atoms with van der Waals surface area (Å²) in [4.78, 5) is 14.1. The van der Waals surface area contributed by atoms with Gasteiger partial charge in [-0.25, -0.2) is 0 Å².